The summed E-state index contributed by atoms with van der Waals surface area (Å²) < 4.78 is 0. The number of para-hydroxylation sites is 1. The Morgan fingerprint density at radius 1 is 1.00 bits per heavy atom. The number of hydrogen-bond donors (Lipinski definition) is 0. The highest BCUT2D eigenvalue weighted by Crippen LogP contribution is 2.28. The smallest absolute Gasteiger partial charge is 0.0715 e. The third-order valence-corrected chi connectivity index (χ3v) is 3.80. The van der Waals surface area contributed by atoms with Gasteiger partial charge in [0.05, 0.1) is 11.0 Å². The van der Waals surface area contributed by atoms with Crippen LogP contribution in [0.3, 0.4) is 0 Å². The van der Waals surface area contributed by atoms with E-state index in [-0.39, 0.29) is 0 Å². The first-order chi connectivity index (χ1) is 8.31. The van der Waals surface area contributed by atoms with Gasteiger partial charge in [-0.3, -0.25) is 0 Å². The molecule has 0 bridgehead atoms. The second-order valence-electron chi connectivity index (χ2n) is 4.20. The summed E-state index contributed by atoms with van der Waals surface area (Å²) >= 11 is 3.55. The molecule has 0 spiro atoms. The fraction of sp³-hybridized carbons (Fsp3) is 0.133. The molecule has 3 aromatic rings. The molecule has 2 aromatic carbocycles. The predicted molar refractivity (Wildman–Crippen MR) is 76.6 cm³/mol. The van der Waals surface area contributed by atoms with Crippen molar-refractivity contribution in [3.05, 3.63) is 53.6 Å². The number of pyridine rings is 1. The van der Waals surface area contributed by atoms with Gasteiger partial charge in [-0.25, -0.2) is 4.98 Å². The van der Waals surface area contributed by atoms with Crippen molar-refractivity contribution in [2.45, 2.75) is 12.3 Å². The zero-order valence-electron chi connectivity index (χ0n) is 9.57. The molecule has 84 valence electrons. The van der Waals surface area contributed by atoms with Crippen molar-refractivity contribution in [2.24, 2.45) is 0 Å². The molecule has 0 atom stereocenters. The molecule has 0 radical (unpaired) electrons. The quantitative estimate of drug-likeness (QED) is 0.471. The number of fused-ring (bicyclic) bond motifs is 2. The van der Waals surface area contributed by atoms with Crippen molar-refractivity contribution in [3.63, 3.8) is 0 Å². The molecule has 1 aromatic heterocycles. The number of rotatable bonds is 1. The van der Waals surface area contributed by atoms with Crippen LogP contribution in [0.5, 0.6) is 0 Å². The van der Waals surface area contributed by atoms with Gasteiger partial charge in [-0.1, -0.05) is 46.3 Å². The zero-order chi connectivity index (χ0) is 11.8. The van der Waals surface area contributed by atoms with Crippen molar-refractivity contribution in [1.29, 1.82) is 0 Å². The molecule has 3 rings (SSSR count). The van der Waals surface area contributed by atoms with Crippen molar-refractivity contribution in [2.75, 3.05) is 0 Å². The maximum Gasteiger partial charge on any atom is 0.0715 e. The fourth-order valence-electron chi connectivity index (χ4n) is 2.38. The third kappa shape index (κ3) is 1.64. The van der Waals surface area contributed by atoms with Gasteiger partial charge < -0.3 is 0 Å². The molecule has 0 saturated heterocycles. The van der Waals surface area contributed by atoms with Crippen molar-refractivity contribution >= 4 is 37.7 Å². The topological polar surface area (TPSA) is 12.9 Å². The summed E-state index contributed by atoms with van der Waals surface area (Å²) in [6.07, 6.45) is 0. The molecular formula is C15H12BrN. The van der Waals surface area contributed by atoms with Crippen LogP contribution in [0.15, 0.2) is 42.5 Å². The monoisotopic (exact) mass is 285 g/mol. The van der Waals surface area contributed by atoms with Gasteiger partial charge in [-0.05, 0) is 30.2 Å². The van der Waals surface area contributed by atoms with Gasteiger partial charge in [0, 0.05) is 16.1 Å². The van der Waals surface area contributed by atoms with Crippen LogP contribution in [-0.4, -0.2) is 4.98 Å². The van der Waals surface area contributed by atoms with E-state index >= 15 is 0 Å². The Morgan fingerprint density at radius 3 is 2.59 bits per heavy atom. The van der Waals surface area contributed by atoms with Gasteiger partial charge in [-0.15, -0.1) is 0 Å². The van der Waals surface area contributed by atoms with E-state index in [1.54, 1.807) is 0 Å². The molecule has 0 N–H and O–H groups in total. The van der Waals surface area contributed by atoms with Crippen LogP contribution in [0.2, 0.25) is 0 Å². The average molecular weight is 286 g/mol. The lowest BCUT2D eigenvalue weighted by Gasteiger charge is -2.09. The Morgan fingerprint density at radius 2 is 1.76 bits per heavy atom. The summed E-state index contributed by atoms with van der Waals surface area (Å²) in [5.41, 5.74) is 4.78. The average Bonchev–Trinajstić information content (AvgIpc) is 2.38. The van der Waals surface area contributed by atoms with E-state index in [1.807, 2.05) is 6.07 Å². The van der Waals surface area contributed by atoms with E-state index in [4.69, 9.17) is 4.98 Å². The normalized spacial score (nSPS) is 11.2. The van der Waals surface area contributed by atoms with Gasteiger partial charge in [0.2, 0.25) is 0 Å². The number of aromatic nitrogens is 1. The second-order valence-corrected chi connectivity index (χ2v) is 4.76. The first kappa shape index (κ1) is 10.7. The van der Waals surface area contributed by atoms with Gasteiger partial charge in [0.1, 0.15) is 0 Å². The molecule has 1 nitrogen and oxygen atoms in total. The summed E-state index contributed by atoms with van der Waals surface area (Å²) in [4.78, 5) is 4.73. The first-order valence-electron chi connectivity index (χ1n) is 5.64. The van der Waals surface area contributed by atoms with Crippen LogP contribution in [0.4, 0.5) is 0 Å². The minimum absolute atomic E-state index is 0.866. The highest BCUT2D eigenvalue weighted by atomic mass is 79.9. The lowest BCUT2D eigenvalue weighted by molar-refractivity contribution is 1.40. The Labute approximate surface area is 109 Å². The number of alkyl halides is 1. The summed E-state index contributed by atoms with van der Waals surface area (Å²) in [6, 6.07) is 14.6. The zero-order valence-corrected chi connectivity index (χ0v) is 11.2. The van der Waals surface area contributed by atoms with Gasteiger partial charge in [0.25, 0.3) is 0 Å². The van der Waals surface area contributed by atoms with E-state index in [2.05, 4.69) is 59.3 Å². The van der Waals surface area contributed by atoms with Crippen molar-refractivity contribution in [3.8, 4) is 0 Å². The Hall–Kier alpha value is -1.41. The van der Waals surface area contributed by atoms with Gasteiger partial charge >= 0.3 is 0 Å². The molecule has 0 saturated carbocycles. The van der Waals surface area contributed by atoms with Crippen LogP contribution in [-0.2, 0) is 5.33 Å². The summed E-state index contributed by atoms with van der Waals surface area (Å²) in [5, 5.41) is 3.39. The molecular weight excluding hydrogens is 274 g/mol. The van der Waals surface area contributed by atoms with E-state index in [0.717, 1.165) is 16.4 Å². The van der Waals surface area contributed by atoms with Crippen LogP contribution in [0.1, 0.15) is 11.1 Å². The largest absolute Gasteiger partial charge is 0.248 e. The molecule has 17 heavy (non-hydrogen) atoms. The van der Waals surface area contributed by atoms with Gasteiger partial charge in [0.15, 0.2) is 0 Å². The molecule has 1 heterocycles. The lowest BCUT2D eigenvalue weighted by atomic mass is 10.0. The van der Waals surface area contributed by atoms with Crippen LogP contribution in [0.25, 0.3) is 21.8 Å². The van der Waals surface area contributed by atoms with Crippen LogP contribution in [0, 0.1) is 6.92 Å². The summed E-state index contributed by atoms with van der Waals surface area (Å²) in [6.45, 7) is 2.18. The second kappa shape index (κ2) is 4.11. The predicted octanol–water partition coefficient (Wildman–Crippen LogP) is 4.59. The lowest BCUT2D eigenvalue weighted by Crippen LogP contribution is -1.91. The molecule has 0 fully saturated rings. The third-order valence-electron chi connectivity index (χ3n) is 3.20. The minimum atomic E-state index is 0.866. The molecule has 0 aliphatic heterocycles. The highest BCUT2D eigenvalue weighted by molar-refractivity contribution is 9.08. The number of aryl methyl sites for hydroxylation is 1. The van der Waals surface area contributed by atoms with Crippen molar-refractivity contribution < 1.29 is 0 Å². The first-order valence-corrected chi connectivity index (χ1v) is 6.76. The fourth-order valence-corrected chi connectivity index (χ4v) is 2.84. The number of benzene rings is 2. The number of hydrogen-bond acceptors (Lipinski definition) is 1. The van der Waals surface area contributed by atoms with E-state index < -0.39 is 0 Å². The maximum absolute atomic E-state index is 4.73. The molecule has 0 aliphatic rings. The maximum atomic E-state index is 4.73. The molecule has 2 heteroatoms. The highest BCUT2D eigenvalue weighted by Gasteiger charge is 2.07. The van der Waals surface area contributed by atoms with E-state index in [9.17, 15) is 0 Å². The molecule has 0 unspecified atom stereocenters. The Kier molecular flexibility index (Phi) is 2.60. The molecule has 0 aliphatic carbocycles. The number of halogens is 1. The van der Waals surface area contributed by atoms with Crippen LogP contribution >= 0.6 is 15.9 Å². The summed E-state index contributed by atoms with van der Waals surface area (Å²) in [5.74, 6) is 0. The van der Waals surface area contributed by atoms with Gasteiger partial charge in [-0.2, -0.15) is 0 Å². The minimum Gasteiger partial charge on any atom is -0.248 e. The Bertz CT molecular complexity index is 704. The van der Waals surface area contributed by atoms with Crippen LogP contribution < -0.4 is 0 Å². The van der Waals surface area contributed by atoms with E-state index in [0.29, 0.717) is 0 Å². The summed E-state index contributed by atoms with van der Waals surface area (Å²) in [7, 11) is 0. The number of nitrogens with zero attached hydrogens (tertiary/aromatic N) is 1. The standard InChI is InChI=1S/C15H12BrN/c1-10-12-6-2-3-7-13(12)17-14-8-4-5-11(9-16)15(10)14/h2-8H,9H2,1H3. The molecule has 0 amide bonds. The van der Waals surface area contributed by atoms with Crippen molar-refractivity contribution in [1.82, 2.24) is 4.98 Å². The SMILES string of the molecule is Cc1c2ccccc2nc2cccc(CBr)c12. The van der Waals surface area contributed by atoms with E-state index in [1.165, 1.54) is 21.9 Å². The Balaban J connectivity index is 2.55.